The van der Waals surface area contributed by atoms with E-state index in [9.17, 15) is 9.90 Å². The van der Waals surface area contributed by atoms with Crippen molar-refractivity contribution in [2.45, 2.75) is 18.6 Å². The molecular formula is C13H18N2O3. The van der Waals surface area contributed by atoms with Crippen molar-refractivity contribution in [3.8, 4) is 0 Å². The van der Waals surface area contributed by atoms with Crippen LogP contribution in [0.3, 0.4) is 0 Å². The lowest BCUT2D eigenvalue weighted by atomic mass is 9.99. The summed E-state index contributed by atoms with van der Waals surface area (Å²) in [7, 11) is 1.27. The molecule has 1 fully saturated rings. The van der Waals surface area contributed by atoms with E-state index in [0.29, 0.717) is 24.3 Å². The predicted molar refractivity (Wildman–Crippen MR) is 67.6 cm³/mol. The van der Waals surface area contributed by atoms with Crippen LogP contribution in [-0.2, 0) is 15.3 Å². The Balaban J connectivity index is 2.48. The van der Waals surface area contributed by atoms with Crippen LogP contribution in [0.15, 0.2) is 24.3 Å². The maximum absolute atomic E-state index is 12.0. The van der Waals surface area contributed by atoms with Gasteiger partial charge in [0.1, 0.15) is 0 Å². The number of nitrogen functional groups attached to an aromatic ring is 1. The molecule has 1 heterocycles. The van der Waals surface area contributed by atoms with Gasteiger partial charge in [-0.3, -0.25) is 4.90 Å². The molecule has 0 amide bonds. The molecule has 1 unspecified atom stereocenters. The number of methoxy groups -OCH3 is 1. The van der Waals surface area contributed by atoms with Crippen molar-refractivity contribution in [1.29, 1.82) is 0 Å². The molecule has 98 valence electrons. The second-order valence-corrected chi connectivity index (χ2v) is 4.45. The van der Waals surface area contributed by atoms with Gasteiger partial charge >= 0.3 is 5.97 Å². The van der Waals surface area contributed by atoms with Crippen LogP contribution in [-0.4, -0.2) is 36.2 Å². The van der Waals surface area contributed by atoms with Crippen LogP contribution in [0.4, 0.5) is 5.69 Å². The molecule has 1 aromatic rings. The highest BCUT2D eigenvalue weighted by Crippen LogP contribution is 2.33. The fourth-order valence-corrected chi connectivity index (χ4v) is 2.41. The zero-order chi connectivity index (χ0) is 13.2. The normalized spacial score (nSPS) is 19.4. The molecule has 0 spiro atoms. The first kappa shape index (κ1) is 12.9. The molecule has 1 saturated heterocycles. The Morgan fingerprint density at radius 3 is 2.56 bits per heavy atom. The van der Waals surface area contributed by atoms with Gasteiger partial charge in [0.25, 0.3) is 0 Å². The summed E-state index contributed by atoms with van der Waals surface area (Å²) in [6, 6.07) is 6.83. The van der Waals surface area contributed by atoms with E-state index in [2.05, 4.69) is 0 Å². The fourth-order valence-electron chi connectivity index (χ4n) is 2.41. The summed E-state index contributed by atoms with van der Waals surface area (Å²) in [4.78, 5) is 13.7. The smallest absolute Gasteiger partial charge is 0.358 e. The highest BCUT2D eigenvalue weighted by atomic mass is 16.5. The van der Waals surface area contributed by atoms with Gasteiger partial charge in [0, 0.05) is 24.3 Å². The quantitative estimate of drug-likeness (QED) is 0.609. The third kappa shape index (κ3) is 1.95. The van der Waals surface area contributed by atoms with Crippen molar-refractivity contribution in [3.63, 3.8) is 0 Å². The Morgan fingerprint density at radius 1 is 1.39 bits per heavy atom. The van der Waals surface area contributed by atoms with Crippen LogP contribution in [0.5, 0.6) is 0 Å². The van der Waals surface area contributed by atoms with Crippen LogP contribution >= 0.6 is 0 Å². The first-order valence-electron chi connectivity index (χ1n) is 6.01. The Bertz CT molecular complexity index is 444. The number of benzene rings is 1. The van der Waals surface area contributed by atoms with Crippen molar-refractivity contribution in [1.82, 2.24) is 4.90 Å². The summed E-state index contributed by atoms with van der Waals surface area (Å²) in [5.74, 6) is -0.692. The number of aliphatic hydroxyl groups is 1. The number of nitrogens with zero attached hydrogens (tertiary/aromatic N) is 1. The summed E-state index contributed by atoms with van der Waals surface area (Å²) >= 11 is 0. The second-order valence-electron chi connectivity index (χ2n) is 4.45. The SMILES string of the molecule is COC(=O)C(O)(c1ccccc1N)N1CCCC1. The van der Waals surface area contributed by atoms with Crippen LogP contribution in [0.25, 0.3) is 0 Å². The molecule has 0 bridgehead atoms. The number of nitrogens with two attached hydrogens (primary N) is 1. The van der Waals surface area contributed by atoms with E-state index in [1.807, 2.05) is 0 Å². The number of anilines is 1. The lowest BCUT2D eigenvalue weighted by molar-refractivity contribution is -0.187. The number of ether oxygens (including phenoxy) is 1. The number of para-hydroxylation sites is 1. The summed E-state index contributed by atoms with van der Waals surface area (Å²) in [6.45, 7) is 1.31. The maximum Gasteiger partial charge on any atom is 0.358 e. The van der Waals surface area contributed by atoms with E-state index in [4.69, 9.17) is 10.5 Å². The van der Waals surface area contributed by atoms with Crippen molar-refractivity contribution in [2.75, 3.05) is 25.9 Å². The Morgan fingerprint density at radius 2 is 2.00 bits per heavy atom. The van der Waals surface area contributed by atoms with Crippen molar-refractivity contribution in [2.24, 2.45) is 0 Å². The molecule has 1 atom stereocenters. The van der Waals surface area contributed by atoms with Crippen LogP contribution in [0.1, 0.15) is 18.4 Å². The minimum atomic E-state index is -1.78. The Hall–Kier alpha value is -1.59. The first-order chi connectivity index (χ1) is 8.60. The molecule has 5 nitrogen and oxygen atoms in total. The summed E-state index contributed by atoms with van der Waals surface area (Å²) in [6.07, 6.45) is 1.90. The van der Waals surface area contributed by atoms with Crippen LogP contribution < -0.4 is 5.73 Å². The highest BCUT2D eigenvalue weighted by Gasteiger charge is 2.47. The minimum Gasteiger partial charge on any atom is -0.466 e. The number of hydrogen-bond donors (Lipinski definition) is 2. The molecule has 1 aromatic carbocycles. The van der Waals surface area contributed by atoms with E-state index < -0.39 is 11.7 Å². The number of likely N-dealkylation sites (tertiary alicyclic amines) is 1. The van der Waals surface area contributed by atoms with Gasteiger partial charge in [-0.15, -0.1) is 0 Å². The lowest BCUT2D eigenvalue weighted by Gasteiger charge is -2.35. The molecule has 0 aromatic heterocycles. The van der Waals surface area contributed by atoms with Gasteiger partial charge in [0.15, 0.2) is 0 Å². The monoisotopic (exact) mass is 250 g/mol. The fraction of sp³-hybridized carbons (Fsp3) is 0.462. The summed E-state index contributed by atoms with van der Waals surface area (Å²) in [5.41, 5.74) is 4.87. The number of carbonyl (C=O) groups is 1. The molecule has 0 saturated carbocycles. The van der Waals surface area contributed by atoms with Crippen LogP contribution in [0.2, 0.25) is 0 Å². The average molecular weight is 250 g/mol. The standard InChI is InChI=1S/C13H18N2O3/c1-18-12(16)13(17,15-8-4-5-9-15)10-6-2-3-7-11(10)14/h2-3,6-7,17H,4-5,8-9,14H2,1H3. The van der Waals surface area contributed by atoms with E-state index in [0.717, 1.165) is 12.8 Å². The van der Waals surface area contributed by atoms with Gasteiger partial charge in [-0.1, -0.05) is 18.2 Å². The molecule has 1 aliphatic heterocycles. The molecule has 0 aliphatic carbocycles. The van der Waals surface area contributed by atoms with Crippen molar-refractivity contribution >= 4 is 11.7 Å². The molecule has 0 radical (unpaired) electrons. The lowest BCUT2D eigenvalue weighted by Crippen LogP contribution is -2.51. The van der Waals surface area contributed by atoms with E-state index >= 15 is 0 Å². The van der Waals surface area contributed by atoms with Gasteiger partial charge in [0.05, 0.1) is 7.11 Å². The topological polar surface area (TPSA) is 75.8 Å². The van der Waals surface area contributed by atoms with Crippen molar-refractivity contribution < 1.29 is 14.6 Å². The summed E-state index contributed by atoms with van der Waals surface area (Å²) < 4.78 is 4.75. The number of hydrogen-bond acceptors (Lipinski definition) is 5. The predicted octanol–water partition coefficient (Wildman–Crippen LogP) is 0.683. The molecule has 5 heteroatoms. The highest BCUT2D eigenvalue weighted by molar-refractivity contribution is 5.82. The van der Waals surface area contributed by atoms with Gasteiger partial charge in [-0.05, 0) is 18.9 Å². The van der Waals surface area contributed by atoms with Crippen molar-refractivity contribution in [3.05, 3.63) is 29.8 Å². The number of carbonyl (C=O) groups excluding carboxylic acids is 1. The zero-order valence-corrected chi connectivity index (χ0v) is 10.4. The maximum atomic E-state index is 12.0. The van der Waals surface area contributed by atoms with Gasteiger partial charge < -0.3 is 15.6 Å². The molecule has 1 aliphatic rings. The first-order valence-corrected chi connectivity index (χ1v) is 6.01. The Labute approximate surface area is 106 Å². The molecule has 2 rings (SSSR count). The Kier molecular flexibility index (Phi) is 3.54. The van der Waals surface area contributed by atoms with Gasteiger partial charge in [0.2, 0.25) is 5.72 Å². The van der Waals surface area contributed by atoms with E-state index in [-0.39, 0.29) is 0 Å². The van der Waals surface area contributed by atoms with E-state index in [1.165, 1.54) is 7.11 Å². The largest absolute Gasteiger partial charge is 0.466 e. The molecule has 3 N–H and O–H groups in total. The summed E-state index contributed by atoms with van der Waals surface area (Å²) in [5, 5.41) is 10.8. The van der Waals surface area contributed by atoms with E-state index in [1.54, 1.807) is 29.2 Å². The second kappa shape index (κ2) is 4.96. The van der Waals surface area contributed by atoms with Gasteiger partial charge in [-0.25, -0.2) is 4.79 Å². The minimum absolute atomic E-state index is 0.386. The number of esters is 1. The zero-order valence-electron chi connectivity index (χ0n) is 10.4. The molecule has 18 heavy (non-hydrogen) atoms. The third-order valence-corrected chi connectivity index (χ3v) is 3.37. The van der Waals surface area contributed by atoms with Crippen LogP contribution in [0, 0.1) is 0 Å². The van der Waals surface area contributed by atoms with Gasteiger partial charge in [-0.2, -0.15) is 0 Å². The average Bonchev–Trinajstić information content (AvgIpc) is 2.91. The third-order valence-electron chi connectivity index (χ3n) is 3.37. The number of rotatable bonds is 3. The molecular weight excluding hydrogens is 232 g/mol.